The minimum Gasteiger partial charge on any atom is -0.207 e. The van der Waals surface area contributed by atoms with Crippen LogP contribution in [0.25, 0.3) is 0 Å². The summed E-state index contributed by atoms with van der Waals surface area (Å²) < 4.78 is 27.4. The maximum atomic E-state index is 13.0. The minimum absolute atomic E-state index is 0.112. The molecule has 0 spiro atoms. The molecule has 2 aromatic carbocycles. The average Bonchev–Trinajstić information content (AvgIpc) is 2.48. The van der Waals surface area contributed by atoms with Crippen LogP contribution in [0.4, 0.5) is 0 Å². The van der Waals surface area contributed by atoms with Gasteiger partial charge in [-0.1, -0.05) is 62.7 Å². The van der Waals surface area contributed by atoms with Crippen molar-refractivity contribution in [2.24, 2.45) is 0 Å². The zero-order chi connectivity index (χ0) is 18.1. The highest BCUT2D eigenvalue weighted by atomic mass is 35.5. The summed E-state index contributed by atoms with van der Waals surface area (Å²) in [6, 6.07) is 12.9. The van der Waals surface area contributed by atoms with Crippen LogP contribution in [0.2, 0.25) is 5.02 Å². The van der Waals surface area contributed by atoms with E-state index in [2.05, 4.69) is 20.8 Å². The fourth-order valence-electron chi connectivity index (χ4n) is 2.46. The average molecular weight is 366 g/mol. The number of nitrogens with zero attached hydrogens (tertiary/aromatic N) is 1. The molecule has 5 heteroatoms. The van der Waals surface area contributed by atoms with Gasteiger partial charge in [-0.25, -0.2) is 8.42 Å². The highest BCUT2D eigenvalue weighted by molar-refractivity contribution is 7.89. The molecule has 3 nitrogen and oxygen atoms in total. The van der Waals surface area contributed by atoms with Crippen LogP contribution in [0.15, 0.2) is 47.4 Å². The third-order valence-electron chi connectivity index (χ3n) is 4.09. The molecule has 0 unspecified atom stereocenters. The van der Waals surface area contributed by atoms with Gasteiger partial charge in [-0.3, -0.25) is 0 Å². The van der Waals surface area contributed by atoms with Gasteiger partial charge in [0.05, 0.1) is 4.90 Å². The molecule has 0 radical (unpaired) electrons. The van der Waals surface area contributed by atoms with E-state index in [-0.39, 0.29) is 12.0 Å². The zero-order valence-electron chi connectivity index (χ0n) is 14.8. The number of rotatable bonds is 4. The molecule has 0 aliphatic heterocycles. The van der Waals surface area contributed by atoms with Crippen LogP contribution in [-0.4, -0.2) is 19.8 Å². The van der Waals surface area contributed by atoms with Crippen molar-refractivity contribution < 1.29 is 8.42 Å². The number of sulfonamides is 1. The zero-order valence-corrected chi connectivity index (χ0v) is 16.4. The van der Waals surface area contributed by atoms with E-state index < -0.39 is 10.0 Å². The highest BCUT2D eigenvalue weighted by Gasteiger charge is 2.25. The predicted octanol–water partition coefficient (Wildman–Crippen LogP) is 4.77. The monoisotopic (exact) mass is 365 g/mol. The summed E-state index contributed by atoms with van der Waals surface area (Å²) in [6.45, 7) is 8.27. The van der Waals surface area contributed by atoms with Crippen molar-refractivity contribution in [3.63, 3.8) is 0 Å². The summed E-state index contributed by atoms with van der Waals surface area (Å²) in [5.74, 6) is 0. The van der Waals surface area contributed by atoms with Crippen molar-refractivity contribution in [3.8, 4) is 0 Å². The molecule has 24 heavy (non-hydrogen) atoms. The molecule has 0 amide bonds. The molecule has 0 saturated heterocycles. The minimum atomic E-state index is -3.59. The van der Waals surface area contributed by atoms with Gasteiger partial charge in [0, 0.05) is 18.6 Å². The van der Waals surface area contributed by atoms with Crippen LogP contribution in [0, 0.1) is 6.92 Å². The molecule has 0 aromatic heterocycles. The second kappa shape index (κ2) is 6.87. The quantitative estimate of drug-likeness (QED) is 0.782. The van der Waals surface area contributed by atoms with Crippen molar-refractivity contribution in [1.29, 1.82) is 0 Å². The van der Waals surface area contributed by atoms with E-state index in [9.17, 15) is 8.42 Å². The van der Waals surface area contributed by atoms with Gasteiger partial charge < -0.3 is 0 Å². The lowest BCUT2D eigenvalue weighted by atomic mass is 9.87. The Morgan fingerprint density at radius 1 is 1.08 bits per heavy atom. The second-order valence-electron chi connectivity index (χ2n) is 7.08. The van der Waals surface area contributed by atoms with E-state index in [1.807, 2.05) is 37.3 Å². The van der Waals surface area contributed by atoms with E-state index in [0.29, 0.717) is 9.92 Å². The van der Waals surface area contributed by atoms with E-state index in [1.54, 1.807) is 19.2 Å². The summed E-state index contributed by atoms with van der Waals surface area (Å²) in [6.07, 6.45) is 0. The van der Waals surface area contributed by atoms with Gasteiger partial charge in [0.2, 0.25) is 10.0 Å². The molecule has 0 fully saturated rings. The Balaban J connectivity index is 2.41. The summed E-state index contributed by atoms with van der Waals surface area (Å²) in [5, 5.41) is 0.569. The number of hydrogen-bond donors (Lipinski definition) is 0. The third kappa shape index (κ3) is 4.00. The first-order chi connectivity index (χ1) is 11.0. The molecule has 2 aromatic rings. The predicted molar refractivity (Wildman–Crippen MR) is 100.0 cm³/mol. The Bertz CT molecular complexity index is 839. The Labute approximate surface area is 150 Å². The fourth-order valence-corrected chi connectivity index (χ4v) is 4.06. The highest BCUT2D eigenvalue weighted by Crippen LogP contribution is 2.29. The Morgan fingerprint density at radius 2 is 1.71 bits per heavy atom. The fraction of sp³-hybridized carbons (Fsp3) is 0.368. The summed E-state index contributed by atoms with van der Waals surface area (Å²) in [7, 11) is -2.01. The second-order valence-corrected chi connectivity index (χ2v) is 9.50. The Morgan fingerprint density at radius 3 is 2.29 bits per heavy atom. The van der Waals surface area contributed by atoms with E-state index >= 15 is 0 Å². The smallest absolute Gasteiger partial charge is 0.207 e. The van der Waals surface area contributed by atoms with Gasteiger partial charge in [-0.2, -0.15) is 4.31 Å². The Kier molecular flexibility index (Phi) is 5.43. The first-order valence-corrected chi connectivity index (χ1v) is 9.66. The molecule has 0 heterocycles. The van der Waals surface area contributed by atoms with Crippen LogP contribution in [0.3, 0.4) is 0 Å². The number of aryl methyl sites for hydroxylation is 1. The van der Waals surface area contributed by atoms with Crippen molar-refractivity contribution in [2.45, 2.75) is 44.6 Å². The van der Waals surface area contributed by atoms with Gasteiger partial charge in [0.15, 0.2) is 0 Å². The van der Waals surface area contributed by atoms with Crippen molar-refractivity contribution >= 4 is 21.6 Å². The lowest BCUT2D eigenvalue weighted by molar-refractivity contribution is 0.466. The van der Waals surface area contributed by atoms with Gasteiger partial charge in [0.25, 0.3) is 0 Å². The van der Waals surface area contributed by atoms with Crippen LogP contribution in [-0.2, 0) is 22.0 Å². The molecule has 0 aliphatic carbocycles. The largest absolute Gasteiger partial charge is 0.243 e. The maximum absolute atomic E-state index is 13.0. The first-order valence-electron chi connectivity index (χ1n) is 7.84. The topological polar surface area (TPSA) is 37.4 Å². The lowest BCUT2D eigenvalue weighted by Gasteiger charge is -2.23. The van der Waals surface area contributed by atoms with Crippen molar-refractivity contribution in [3.05, 3.63) is 64.2 Å². The molecule has 0 aliphatic rings. The van der Waals surface area contributed by atoms with E-state index in [4.69, 9.17) is 11.6 Å². The molecule has 2 rings (SSSR count). The van der Waals surface area contributed by atoms with Crippen molar-refractivity contribution in [1.82, 2.24) is 4.31 Å². The molecular weight excluding hydrogens is 342 g/mol. The number of halogens is 1. The number of hydrogen-bond acceptors (Lipinski definition) is 2. The summed E-state index contributed by atoms with van der Waals surface area (Å²) in [4.78, 5) is 0.351. The summed E-state index contributed by atoms with van der Waals surface area (Å²) in [5.41, 5.74) is 2.42. The first kappa shape index (κ1) is 19.0. The van der Waals surface area contributed by atoms with Gasteiger partial charge in [-0.05, 0) is 41.2 Å². The maximum Gasteiger partial charge on any atom is 0.243 e. The Hall–Kier alpha value is -1.36. The van der Waals surface area contributed by atoms with Gasteiger partial charge >= 0.3 is 0 Å². The molecule has 0 N–H and O–H groups in total. The van der Waals surface area contributed by atoms with E-state index in [1.165, 1.54) is 4.31 Å². The number of benzene rings is 2. The van der Waals surface area contributed by atoms with Crippen molar-refractivity contribution in [2.75, 3.05) is 7.05 Å². The SMILES string of the molecule is Cc1ccc(C(C)(C)C)cc1S(=O)(=O)N(C)Cc1ccccc1Cl. The van der Waals surface area contributed by atoms with Crippen LogP contribution in [0.5, 0.6) is 0 Å². The molecule has 0 bridgehead atoms. The normalized spacial score (nSPS) is 12.6. The lowest BCUT2D eigenvalue weighted by Crippen LogP contribution is -2.27. The van der Waals surface area contributed by atoms with Gasteiger partial charge in [-0.15, -0.1) is 0 Å². The molecular formula is C19H24ClNO2S. The van der Waals surface area contributed by atoms with Crippen LogP contribution < -0.4 is 0 Å². The third-order valence-corrected chi connectivity index (χ3v) is 6.41. The van der Waals surface area contributed by atoms with Crippen LogP contribution >= 0.6 is 11.6 Å². The molecule has 130 valence electrons. The standard InChI is InChI=1S/C19H24ClNO2S/c1-14-10-11-16(19(2,3)4)12-18(14)24(22,23)21(5)13-15-8-6-7-9-17(15)20/h6-12H,13H2,1-5H3. The van der Waals surface area contributed by atoms with Crippen LogP contribution in [0.1, 0.15) is 37.5 Å². The summed E-state index contributed by atoms with van der Waals surface area (Å²) >= 11 is 6.16. The van der Waals surface area contributed by atoms with E-state index in [0.717, 1.165) is 16.7 Å². The van der Waals surface area contributed by atoms with Gasteiger partial charge in [0.1, 0.15) is 0 Å². The molecule has 0 saturated carbocycles. The molecule has 0 atom stereocenters.